The lowest BCUT2D eigenvalue weighted by atomic mass is 10.1. The minimum atomic E-state index is 0.670. The van der Waals surface area contributed by atoms with Gasteiger partial charge in [0.25, 0.3) is 0 Å². The second-order valence-electron chi connectivity index (χ2n) is 5.21. The van der Waals surface area contributed by atoms with Crippen LogP contribution < -0.4 is 10.2 Å². The van der Waals surface area contributed by atoms with Crippen molar-refractivity contribution in [2.75, 3.05) is 25.0 Å². The van der Waals surface area contributed by atoms with Crippen LogP contribution >= 0.6 is 0 Å². The SMILES string of the molecule is CCCCN(CCCC(CC)NC)c1ccccc1. The van der Waals surface area contributed by atoms with Gasteiger partial charge in [-0.1, -0.05) is 38.5 Å². The Morgan fingerprint density at radius 1 is 1.05 bits per heavy atom. The summed E-state index contributed by atoms with van der Waals surface area (Å²) in [6, 6.07) is 11.5. The van der Waals surface area contributed by atoms with Gasteiger partial charge in [-0.2, -0.15) is 0 Å². The number of unbranched alkanes of at least 4 members (excludes halogenated alkanes) is 1. The van der Waals surface area contributed by atoms with Gasteiger partial charge >= 0.3 is 0 Å². The Morgan fingerprint density at radius 3 is 2.32 bits per heavy atom. The van der Waals surface area contributed by atoms with E-state index in [1.54, 1.807) is 0 Å². The molecule has 0 bridgehead atoms. The van der Waals surface area contributed by atoms with Crippen LogP contribution in [0.5, 0.6) is 0 Å². The molecule has 1 aromatic rings. The lowest BCUT2D eigenvalue weighted by molar-refractivity contribution is 0.489. The zero-order chi connectivity index (χ0) is 13.9. The molecule has 0 aromatic heterocycles. The lowest BCUT2D eigenvalue weighted by Crippen LogP contribution is -2.29. The van der Waals surface area contributed by atoms with E-state index in [0.717, 1.165) is 0 Å². The Hall–Kier alpha value is -1.02. The normalized spacial score (nSPS) is 12.4. The number of rotatable bonds is 10. The largest absolute Gasteiger partial charge is 0.372 e. The molecule has 0 amide bonds. The number of hydrogen-bond donors (Lipinski definition) is 1. The van der Waals surface area contributed by atoms with Crippen molar-refractivity contribution in [2.24, 2.45) is 0 Å². The molecule has 0 radical (unpaired) electrons. The van der Waals surface area contributed by atoms with E-state index in [2.05, 4.69) is 61.4 Å². The van der Waals surface area contributed by atoms with Crippen molar-refractivity contribution in [1.82, 2.24) is 5.32 Å². The van der Waals surface area contributed by atoms with Gasteiger partial charge in [0.05, 0.1) is 0 Å². The quantitative estimate of drug-likeness (QED) is 0.684. The Kier molecular flexibility index (Phi) is 8.31. The number of benzene rings is 1. The van der Waals surface area contributed by atoms with Gasteiger partial charge in [0, 0.05) is 24.8 Å². The number of hydrogen-bond acceptors (Lipinski definition) is 2. The first-order valence-corrected chi connectivity index (χ1v) is 7.79. The zero-order valence-electron chi connectivity index (χ0n) is 12.9. The molecule has 1 rings (SSSR count). The van der Waals surface area contributed by atoms with Crippen LogP contribution in [0.15, 0.2) is 30.3 Å². The smallest absolute Gasteiger partial charge is 0.0366 e. The van der Waals surface area contributed by atoms with Gasteiger partial charge in [0.2, 0.25) is 0 Å². The average Bonchev–Trinajstić information content (AvgIpc) is 2.47. The molecule has 1 unspecified atom stereocenters. The molecule has 0 aliphatic heterocycles. The molecular formula is C17H30N2. The van der Waals surface area contributed by atoms with Crippen LogP contribution in [0.1, 0.15) is 46.0 Å². The molecule has 1 aromatic carbocycles. The summed E-state index contributed by atoms with van der Waals surface area (Å²) in [4.78, 5) is 2.53. The molecule has 0 aliphatic rings. The van der Waals surface area contributed by atoms with E-state index in [4.69, 9.17) is 0 Å². The molecule has 2 heteroatoms. The van der Waals surface area contributed by atoms with Crippen molar-refractivity contribution in [2.45, 2.75) is 52.0 Å². The fourth-order valence-corrected chi connectivity index (χ4v) is 2.44. The van der Waals surface area contributed by atoms with Gasteiger partial charge in [0.1, 0.15) is 0 Å². The summed E-state index contributed by atoms with van der Waals surface area (Å²) < 4.78 is 0. The first-order chi connectivity index (χ1) is 9.31. The van der Waals surface area contributed by atoms with E-state index in [0.29, 0.717) is 6.04 Å². The second kappa shape index (κ2) is 9.85. The first-order valence-electron chi connectivity index (χ1n) is 7.79. The lowest BCUT2D eigenvalue weighted by Gasteiger charge is -2.25. The highest BCUT2D eigenvalue weighted by Crippen LogP contribution is 2.15. The zero-order valence-corrected chi connectivity index (χ0v) is 12.9. The van der Waals surface area contributed by atoms with E-state index >= 15 is 0 Å². The minimum Gasteiger partial charge on any atom is -0.372 e. The highest BCUT2D eigenvalue weighted by molar-refractivity contribution is 5.45. The summed E-state index contributed by atoms with van der Waals surface area (Å²) in [6.45, 7) is 6.86. The van der Waals surface area contributed by atoms with E-state index < -0.39 is 0 Å². The summed E-state index contributed by atoms with van der Waals surface area (Å²) in [5.41, 5.74) is 1.37. The molecule has 2 nitrogen and oxygen atoms in total. The van der Waals surface area contributed by atoms with E-state index in [9.17, 15) is 0 Å². The van der Waals surface area contributed by atoms with Crippen molar-refractivity contribution in [1.29, 1.82) is 0 Å². The highest BCUT2D eigenvalue weighted by Gasteiger charge is 2.07. The summed E-state index contributed by atoms with van der Waals surface area (Å²) in [5.74, 6) is 0. The van der Waals surface area contributed by atoms with Crippen LogP contribution in [0.3, 0.4) is 0 Å². The molecule has 0 saturated carbocycles. The third kappa shape index (κ3) is 6.11. The van der Waals surface area contributed by atoms with Gasteiger partial charge in [-0.15, -0.1) is 0 Å². The van der Waals surface area contributed by atoms with Gasteiger partial charge in [-0.05, 0) is 44.9 Å². The number of para-hydroxylation sites is 1. The van der Waals surface area contributed by atoms with Crippen molar-refractivity contribution in [3.8, 4) is 0 Å². The maximum atomic E-state index is 3.39. The molecular weight excluding hydrogens is 232 g/mol. The fraction of sp³-hybridized carbons (Fsp3) is 0.647. The van der Waals surface area contributed by atoms with E-state index in [-0.39, 0.29) is 0 Å². The summed E-state index contributed by atoms with van der Waals surface area (Å²) >= 11 is 0. The topological polar surface area (TPSA) is 15.3 Å². The molecule has 0 heterocycles. The Morgan fingerprint density at radius 2 is 1.74 bits per heavy atom. The molecule has 108 valence electrons. The number of nitrogens with one attached hydrogen (secondary N) is 1. The summed E-state index contributed by atoms with van der Waals surface area (Å²) in [7, 11) is 2.07. The van der Waals surface area contributed by atoms with Gasteiger partial charge in [0.15, 0.2) is 0 Å². The molecule has 0 saturated heterocycles. The third-order valence-corrected chi connectivity index (χ3v) is 3.78. The van der Waals surface area contributed by atoms with Crippen LogP contribution in [0.4, 0.5) is 5.69 Å². The first kappa shape index (κ1) is 16.0. The van der Waals surface area contributed by atoms with Crippen LogP contribution in [-0.4, -0.2) is 26.2 Å². The van der Waals surface area contributed by atoms with Crippen LogP contribution in [0.25, 0.3) is 0 Å². The molecule has 0 aliphatic carbocycles. The predicted molar refractivity (Wildman–Crippen MR) is 85.9 cm³/mol. The predicted octanol–water partition coefficient (Wildman–Crippen LogP) is 4.07. The monoisotopic (exact) mass is 262 g/mol. The Bertz CT molecular complexity index is 306. The third-order valence-electron chi connectivity index (χ3n) is 3.78. The molecule has 19 heavy (non-hydrogen) atoms. The molecule has 1 N–H and O–H groups in total. The van der Waals surface area contributed by atoms with Crippen molar-refractivity contribution in [3.05, 3.63) is 30.3 Å². The van der Waals surface area contributed by atoms with Gasteiger partial charge in [-0.25, -0.2) is 0 Å². The van der Waals surface area contributed by atoms with E-state index in [1.807, 2.05) is 0 Å². The van der Waals surface area contributed by atoms with Crippen molar-refractivity contribution in [3.63, 3.8) is 0 Å². The fourth-order valence-electron chi connectivity index (χ4n) is 2.44. The van der Waals surface area contributed by atoms with E-state index in [1.165, 1.54) is 50.9 Å². The van der Waals surface area contributed by atoms with Gasteiger partial charge < -0.3 is 10.2 Å². The van der Waals surface area contributed by atoms with Crippen molar-refractivity contribution >= 4 is 5.69 Å². The molecule has 0 spiro atoms. The second-order valence-corrected chi connectivity index (χ2v) is 5.21. The average molecular weight is 262 g/mol. The van der Waals surface area contributed by atoms with Gasteiger partial charge in [-0.3, -0.25) is 0 Å². The standard InChI is InChI=1S/C17H30N2/c1-4-6-14-19(17-12-8-7-9-13-17)15-10-11-16(5-2)18-3/h7-9,12-13,16,18H,4-6,10-11,14-15H2,1-3H3. The minimum absolute atomic E-state index is 0.670. The maximum absolute atomic E-state index is 3.39. The Labute approximate surface area is 119 Å². The summed E-state index contributed by atoms with van der Waals surface area (Å²) in [6.07, 6.45) is 6.28. The maximum Gasteiger partial charge on any atom is 0.0366 e. The van der Waals surface area contributed by atoms with Crippen LogP contribution in [-0.2, 0) is 0 Å². The highest BCUT2D eigenvalue weighted by atomic mass is 15.1. The number of nitrogens with zero attached hydrogens (tertiary/aromatic N) is 1. The number of anilines is 1. The molecule has 0 fully saturated rings. The van der Waals surface area contributed by atoms with Crippen LogP contribution in [0, 0.1) is 0 Å². The Balaban J connectivity index is 2.46. The van der Waals surface area contributed by atoms with Crippen LogP contribution in [0.2, 0.25) is 0 Å². The molecule has 1 atom stereocenters. The summed E-state index contributed by atoms with van der Waals surface area (Å²) in [5, 5.41) is 3.39. The van der Waals surface area contributed by atoms with Crippen molar-refractivity contribution < 1.29 is 0 Å².